The van der Waals surface area contributed by atoms with Crippen LogP contribution in [0.2, 0.25) is 0 Å². The molecule has 17 heavy (non-hydrogen) atoms. The molecule has 98 valence electrons. The highest BCUT2D eigenvalue weighted by atomic mass is 16.5. The number of carbonyl (C=O) groups excluding carboxylic acids is 1. The van der Waals surface area contributed by atoms with E-state index in [4.69, 9.17) is 4.74 Å². The maximum atomic E-state index is 12.3. The summed E-state index contributed by atoms with van der Waals surface area (Å²) in [5.74, 6) is 0.421. The van der Waals surface area contributed by atoms with Crippen LogP contribution in [0.1, 0.15) is 38.5 Å². The van der Waals surface area contributed by atoms with E-state index in [0.29, 0.717) is 6.10 Å². The summed E-state index contributed by atoms with van der Waals surface area (Å²) in [6.45, 7) is 0.938. The van der Waals surface area contributed by atoms with Crippen molar-refractivity contribution < 1.29 is 14.6 Å². The lowest BCUT2D eigenvalue weighted by atomic mass is 9.86. The van der Waals surface area contributed by atoms with Crippen LogP contribution in [0.3, 0.4) is 0 Å². The smallest absolute Gasteiger partial charge is 0.226 e. The molecule has 4 heteroatoms. The molecule has 4 nitrogen and oxygen atoms in total. The van der Waals surface area contributed by atoms with Crippen LogP contribution in [-0.2, 0) is 9.53 Å². The first kappa shape index (κ1) is 12.8. The topological polar surface area (TPSA) is 49.8 Å². The zero-order chi connectivity index (χ0) is 12.3. The molecule has 1 N–H and O–H groups in total. The first-order valence-electron chi connectivity index (χ1n) is 6.70. The lowest BCUT2D eigenvalue weighted by Crippen LogP contribution is -2.42. The van der Waals surface area contributed by atoms with Gasteiger partial charge in [-0.15, -0.1) is 0 Å². The summed E-state index contributed by atoms with van der Waals surface area (Å²) in [5, 5.41) is 9.25. The van der Waals surface area contributed by atoms with Gasteiger partial charge in [-0.2, -0.15) is 0 Å². The Bertz CT molecular complexity index is 261. The van der Waals surface area contributed by atoms with E-state index in [1.165, 1.54) is 0 Å². The van der Waals surface area contributed by atoms with Crippen LogP contribution in [0.15, 0.2) is 0 Å². The van der Waals surface area contributed by atoms with Gasteiger partial charge in [0, 0.05) is 19.6 Å². The second kappa shape index (κ2) is 5.83. The Balaban J connectivity index is 1.88. The predicted octanol–water partition coefficient (Wildman–Crippen LogP) is 1.17. The van der Waals surface area contributed by atoms with Gasteiger partial charge < -0.3 is 14.7 Å². The molecule has 2 fully saturated rings. The highest BCUT2D eigenvalue weighted by molar-refractivity contribution is 5.79. The minimum Gasteiger partial charge on any atom is -0.394 e. The van der Waals surface area contributed by atoms with Crippen molar-refractivity contribution in [1.29, 1.82) is 0 Å². The van der Waals surface area contributed by atoms with E-state index < -0.39 is 0 Å². The largest absolute Gasteiger partial charge is 0.394 e. The number of ether oxygens (including phenoxy) is 1. The Morgan fingerprint density at radius 2 is 2.00 bits per heavy atom. The van der Waals surface area contributed by atoms with Crippen molar-refractivity contribution in [1.82, 2.24) is 4.90 Å². The molecule has 1 aliphatic heterocycles. The van der Waals surface area contributed by atoms with E-state index in [9.17, 15) is 9.90 Å². The van der Waals surface area contributed by atoms with E-state index >= 15 is 0 Å². The first-order valence-corrected chi connectivity index (χ1v) is 6.70. The maximum absolute atomic E-state index is 12.3. The van der Waals surface area contributed by atoms with Gasteiger partial charge in [0.25, 0.3) is 0 Å². The van der Waals surface area contributed by atoms with Crippen molar-refractivity contribution in [3.05, 3.63) is 0 Å². The molecule has 0 radical (unpaired) electrons. The molecule has 0 aromatic heterocycles. The van der Waals surface area contributed by atoms with Gasteiger partial charge in [-0.05, 0) is 38.5 Å². The zero-order valence-corrected chi connectivity index (χ0v) is 10.6. The molecule has 1 heterocycles. The van der Waals surface area contributed by atoms with Gasteiger partial charge in [-0.25, -0.2) is 0 Å². The van der Waals surface area contributed by atoms with E-state index in [1.54, 1.807) is 7.11 Å². The first-order chi connectivity index (χ1) is 8.26. The molecule has 1 saturated heterocycles. The normalized spacial score (nSPS) is 34.0. The molecule has 1 aliphatic carbocycles. The Morgan fingerprint density at radius 3 is 2.59 bits per heavy atom. The van der Waals surface area contributed by atoms with E-state index in [0.717, 1.165) is 45.1 Å². The molecule has 0 aromatic rings. The third-order valence-electron chi connectivity index (χ3n) is 4.23. The number of amides is 1. The van der Waals surface area contributed by atoms with Gasteiger partial charge in [0.05, 0.1) is 18.8 Å². The fourth-order valence-electron chi connectivity index (χ4n) is 3.10. The molecule has 1 saturated carbocycles. The number of aliphatic hydroxyl groups is 1. The summed E-state index contributed by atoms with van der Waals surface area (Å²) in [5.41, 5.74) is 0. The third-order valence-corrected chi connectivity index (χ3v) is 4.23. The molecule has 2 aliphatic rings. The summed E-state index contributed by atoms with van der Waals surface area (Å²) >= 11 is 0. The average molecular weight is 241 g/mol. The Labute approximate surface area is 103 Å². The highest BCUT2D eigenvalue weighted by Gasteiger charge is 2.34. The van der Waals surface area contributed by atoms with Crippen LogP contribution < -0.4 is 0 Å². The van der Waals surface area contributed by atoms with Gasteiger partial charge in [0.2, 0.25) is 5.91 Å². The predicted molar refractivity (Wildman–Crippen MR) is 64.6 cm³/mol. The van der Waals surface area contributed by atoms with Crippen LogP contribution in [-0.4, -0.2) is 48.3 Å². The number of rotatable bonds is 3. The van der Waals surface area contributed by atoms with Crippen LogP contribution in [0.4, 0.5) is 0 Å². The Kier molecular flexibility index (Phi) is 4.40. The number of aliphatic hydroxyl groups excluding tert-OH is 1. The van der Waals surface area contributed by atoms with Crippen molar-refractivity contribution in [3.8, 4) is 0 Å². The van der Waals surface area contributed by atoms with Crippen molar-refractivity contribution in [2.24, 2.45) is 5.92 Å². The van der Waals surface area contributed by atoms with Gasteiger partial charge in [-0.3, -0.25) is 4.79 Å². The minimum absolute atomic E-state index is 0.0719. The second-order valence-corrected chi connectivity index (χ2v) is 5.22. The molecule has 2 rings (SSSR count). The summed E-state index contributed by atoms with van der Waals surface area (Å²) in [4.78, 5) is 14.2. The van der Waals surface area contributed by atoms with Crippen LogP contribution in [0, 0.1) is 5.92 Å². The molecule has 1 unspecified atom stereocenters. The molecule has 0 aromatic carbocycles. The number of carbonyl (C=O) groups is 1. The minimum atomic E-state index is 0.0719. The number of methoxy groups -OCH3 is 1. The van der Waals surface area contributed by atoms with E-state index in [1.807, 2.05) is 4.90 Å². The quantitative estimate of drug-likeness (QED) is 0.807. The Hall–Kier alpha value is -0.610. The summed E-state index contributed by atoms with van der Waals surface area (Å²) in [6.07, 6.45) is 6.18. The SMILES string of the molecule is COC1CCC(C(=O)N2CCCC2CO)CC1. The number of likely N-dealkylation sites (tertiary alicyclic amines) is 1. The van der Waals surface area contributed by atoms with Crippen molar-refractivity contribution >= 4 is 5.91 Å². The van der Waals surface area contributed by atoms with Crippen LogP contribution in [0.5, 0.6) is 0 Å². The van der Waals surface area contributed by atoms with Crippen molar-refractivity contribution in [2.45, 2.75) is 50.7 Å². The van der Waals surface area contributed by atoms with Gasteiger partial charge in [-0.1, -0.05) is 0 Å². The Morgan fingerprint density at radius 1 is 1.29 bits per heavy atom. The van der Waals surface area contributed by atoms with Gasteiger partial charge in [0.15, 0.2) is 0 Å². The van der Waals surface area contributed by atoms with Crippen LogP contribution >= 0.6 is 0 Å². The lowest BCUT2D eigenvalue weighted by molar-refractivity contribution is -0.139. The van der Waals surface area contributed by atoms with Crippen molar-refractivity contribution in [2.75, 3.05) is 20.3 Å². The summed E-state index contributed by atoms with van der Waals surface area (Å²) in [7, 11) is 1.75. The molecule has 1 atom stereocenters. The molecule has 1 amide bonds. The third kappa shape index (κ3) is 2.80. The summed E-state index contributed by atoms with van der Waals surface area (Å²) < 4.78 is 5.32. The fraction of sp³-hybridized carbons (Fsp3) is 0.923. The zero-order valence-electron chi connectivity index (χ0n) is 10.6. The molecule has 0 bridgehead atoms. The maximum Gasteiger partial charge on any atom is 0.226 e. The highest BCUT2D eigenvalue weighted by Crippen LogP contribution is 2.29. The summed E-state index contributed by atoms with van der Waals surface area (Å²) in [6, 6.07) is 0.0719. The van der Waals surface area contributed by atoms with Gasteiger partial charge >= 0.3 is 0 Å². The number of hydrogen-bond acceptors (Lipinski definition) is 3. The second-order valence-electron chi connectivity index (χ2n) is 5.22. The molecular weight excluding hydrogens is 218 g/mol. The standard InChI is InChI=1S/C13H23NO3/c1-17-12-6-4-10(5-7-12)13(16)14-8-2-3-11(14)9-15/h10-12,15H,2-9H2,1H3. The van der Waals surface area contributed by atoms with Gasteiger partial charge in [0.1, 0.15) is 0 Å². The molecular formula is C13H23NO3. The number of hydrogen-bond donors (Lipinski definition) is 1. The van der Waals surface area contributed by atoms with E-state index in [2.05, 4.69) is 0 Å². The number of nitrogens with zero attached hydrogens (tertiary/aromatic N) is 1. The average Bonchev–Trinajstić information content (AvgIpc) is 2.86. The fourth-order valence-corrected chi connectivity index (χ4v) is 3.10. The lowest BCUT2D eigenvalue weighted by Gasteiger charge is -2.32. The van der Waals surface area contributed by atoms with E-state index in [-0.39, 0.29) is 24.5 Å². The van der Waals surface area contributed by atoms with Crippen molar-refractivity contribution in [3.63, 3.8) is 0 Å². The van der Waals surface area contributed by atoms with Crippen LogP contribution in [0.25, 0.3) is 0 Å². The monoisotopic (exact) mass is 241 g/mol. The molecule has 0 spiro atoms.